The van der Waals surface area contributed by atoms with Gasteiger partial charge in [-0.25, -0.2) is 0 Å². The Kier molecular flexibility index (Phi) is 7.57. The minimum atomic E-state index is -0.267. The van der Waals surface area contributed by atoms with Gasteiger partial charge in [-0.05, 0) is 66.0 Å². The largest absolute Gasteiger partial charge is 0.326 e. The molecule has 2 amide bonds. The second-order valence-electron chi connectivity index (χ2n) is 7.08. The standard InChI is InChI=1S/C22H25BrN2O2S/c1-15(21(26)25-20-13-6-5-12-19(20)23)28-18-11-7-10-17(14-18)24-22(27)16-8-3-2-4-9-16/h5-7,10-16H,2-4,8-9H2,1H3,(H,24,27)(H,25,26). The first-order valence-electron chi connectivity index (χ1n) is 9.66. The summed E-state index contributed by atoms with van der Waals surface area (Å²) in [5.74, 6) is 0.175. The van der Waals surface area contributed by atoms with E-state index in [1.54, 1.807) is 0 Å². The zero-order chi connectivity index (χ0) is 19.9. The van der Waals surface area contributed by atoms with Gasteiger partial charge in [0.15, 0.2) is 0 Å². The molecule has 1 atom stereocenters. The highest BCUT2D eigenvalue weighted by atomic mass is 79.9. The van der Waals surface area contributed by atoms with Crippen LogP contribution in [0.3, 0.4) is 0 Å². The lowest BCUT2D eigenvalue weighted by atomic mass is 9.88. The number of halogens is 1. The fourth-order valence-corrected chi connectivity index (χ4v) is 4.62. The average Bonchev–Trinajstić information content (AvgIpc) is 2.70. The highest BCUT2D eigenvalue weighted by molar-refractivity contribution is 9.10. The van der Waals surface area contributed by atoms with E-state index in [1.165, 1.54) is 18.2 Å². The molecule has 2 aromatic rings. The molecule has 0 aromatic heterocycles. The topological polar surface area (TPSA) is 58.2 Å². The van der Waals surface area contributed by atoms with Crippen LogP contribution in [-0.2, 0) is 9.59 Å². The highest BCUT2D eigenvalue weighted by Gasteiger charge is 2.21. The van der Waals surface area contributed by atoms with Gasteiger partial charge in [-0.15, -0.1) is 11.8 Å². The third kappa shape index (κ3) is 5.85. The number of hydrogen-bond acceptors (Lipinski definition) is 3. The summed E-state index contributed by atoms with van der Waals surface area (Å²) in [5.41, 5.74) is 1.55. The summed E-state index contributed by atoms with van der Waals surface area (Å²) in [6, 6.07) is 15.3. The summed E-state index contributed by atoms with van der Waals surface area (Å²) in [6.07, 6.45) is 5.46. The number of benzene rings is 2. The Morgan fingerprint density at radius 3 is 2.54 bits per heavy atom. The van der Waals surface area contributed by atoms with Crippen molar-refractivity contribution in [1.82, 2.24) is 0 Å². The summed E-state index contributed by atoms with van der Waals surface area (Å²) in [6.45, 7) is 1.88. The van der Waals surface area contributed by atoms with Gasteiger partial charge in [0.2, 0.25) is 11.8 Å². The minimum Gasteiger partial charge on any atom is -0.326 e. The fraction of sp³-hybridized carbons (Fsp3) is 0.364. The van der Waals surface area contributed by atoms with Crippen LogP contribution >= 0.6 is 27.7 Å². The lowest BCUT2D eigenvalue weighted by Crippen LogP contribution is -2.24. The van der Waals surface area contributed by atoms with E-state index in [4.69, 9.17) is 0 Å². The van der Waals surface area contributed by atoms with E-state index in [-0.39, 0.29) is 23.0 Å². The zero-order valence-corrected chi connectivity index (χ0v) is 18.3. The molecule has 0 radical (unpaired) electrons. The Bertz CT molecular complexity index is 837. The summed E-state index contributed by atoms with van der Waals surface area (Å²) in [7, 11) is 0. The van der Waals surface area contributed by atoms with Gasteiger partial charge in [0, 0.05) is 21.0 Å². The summed E-state index contributed by atoms with van der Waals surface area (Å²) < 4.78 is 0.855. The second-order valence-corrected chi connectivity index (χ2v) is 9.35. The van der Waals surface area contributed by atoms with Gasteiger partial charge >= 0.3 is 0 Å². The minimum absolute atomic E-state index is 0.0615. The van der Waals surface area contributed by atoms with Gasteiger partial charge in [0.25, 0.3) is 0 Å². The van der Waals surface area contributed by atoms with Crippen LogP contribution in [0.4, 0.5) is 11.4 Å². The lowest BCUT2D eigenvalue weighted by molar-refractivity contribution is -0.120. The second kappa shape index (κ2) is 10.1. The molecule has 0 bridgehead atoms. The van der Waals surface area contributed by atoms with Crippen molar-refractivity contribution in [1.29, 1.82) is 0 Å². The molecular formula is C22H25BrN2O2S. The van der Waals surface area contributed by atoms with Gasteiger partial charge in [-0.3, -0.25) is 9.59 Å². The molecular weight excluding hydrogens is 436 g/mol. The van der Waals surface area contributed by atoms with Gasteiger partial charge < -0.3 is 10.6 Å². The summed E-state index contributed by atoms with van der Waals surface area (Å²) >= 11 is 4.92. The van der Waals surface area contributed by atoms with Crippen LogP contribution < -0.4 is 10.6 Å². The van der Waals surface area contributed by atoms with E-state index in [0.29, 0.717) is 0 Å². The number of carbonyl (C=O) groups is 2. The van der Waals surface area contributed by atoms with Crippen LogP contribution in [0.5, 0.6) is 0 Å². The van der Waals surface area contributed by atoms with Gasteiger partial charge in [-0.2, -0.15) is 0 Å². The van der Waals surface area contributed by atoms with Crippen LogP contribution in [0, 0.1) is 5.92 Å². The molecule has 6 heteroatoms. The number of hydrogen-bond donors (Lipinski definition) is 2. The van der Waals surface area contributed by atoms with Crippen LogP contribution in [0.15, 0.2) is 57.9 Å². The molecule has 1 aliphatic carbocycles. The molecule has 1 fully saturated rings. The number of amides is 2. The van der Waals surface area contributed by atoms with Crippen LogP contribution in [0.2, 0.25) is 0 Å². The number of carbonyl (C=O) groups excluding carboxylic acids is 2. The Balaban J connectivity index is 1.58. The molecule has 0 spiro atoms. The number of nitrogens with one attached hydrogen (secondary N) is 2. The maximum absolute atomic E-state index is 12.5. The molecule has 148 valence electrons. The van der Waals surface area contributed by atoms with Gasteiger partial charge in [-0.1, -0.05) is 37.5 Å². The zero-order valence-electron chi connectivity index (χ0n) is 15.9. The molecule has 0 aliphatic heterocycles. The van der Waals surface area contributed by atoms with E-state index in [1.807, 2.05) is 55.5 Å². The maximum Gasteiger partial charge on any atom is 0.237 e. The molecule has 1 saturated carbocycles. The van der Waals surface area contributed by atoms with Crippen molar-refractivity contribution in [3.8, 4) is 0 Å². The van der Waals surface area contributed by atoms with Crippen LogP contribution in [-0.4, -0.2) is 17.1 Å². The van der Waals surface area contributed by atoms with Crippen LogP contribution in [0.1, 0.15) is 39.0 Å². The first-order valence-corrected chi connectivity index (χ1v) is 11.3. The molecule has 1 unspecified atom stereocenters. The average molecular weight is 461 g/mol. The highest BCUT2D eigenvalue weighted by Crippen LogP contribution is 2.29. The van der Waals surface area contributed by atoms with Crippen molar-refractivity contribution in [2.45, 2.75) is 49.2 Å². The molecule has 2 N–H and O–H groups in total. The van der Waals surface area contributed by atoms with Crippen molar-refractivity contribution < 1.29 is 9.59 Å². The Labute approximate surface area is 179 Å². The van der Waals surface area contributed by atoms with Crippen molar-refractivity contribution in [3.63, 3.8) is 0 Å². The monoisotopic (exact) mass is 460 g/mol. The van der Waals surface area contributed by atoms with Crippen molar-refractivity contribution in [3.05, 3.63) is 53.0 Å². The molecule has 2 aromatic carbocycles. The van der Waals surface area contributed by atoms with E-state index in [2.05, 4.69) is 26.6 Å². The molecule has 1 aliphatic rings. The SMILES string of the molecule is CC(Sc1cccc(NC(=O)C2CCCCC2)c1)C(=O)Nc1ccccc1Br. The quantitative estimate of drug-likeness (QED) is 0.512. The first kappa shape index (κ1) is 20.9. The van der Waals surface area contributed by atoms with E-state index >= 15 is 0 Å². The third-order valence-corrected chi connectivity index (χ3v) is 6.68. The Hall–Kier alpha value is -1.79. The number of anilines is 2. The molecule has 4 nitrogen and oxygen atoms in total. The third-order valence-electron chi connectivity index (χ3n) is 4.89. The van der Waals surface area contributed by atoms with Gasteiger partial charge in [0.1, 0.15) is 0 Å². The predicted octanol–water partition coefficient (Wildman–Crippen LogP) is 6.09. The molecule has 0 heterocycles. The van der Waals surface area contributed by atoms with E-state index < -0.39 is 0 Å². The molecule has 0 saturated heterocycles. The first-order chi connectivity index (χ1) is 13.5. The lowest BCUT2D eigenvalue weighted by Gasteiger charge is -2.21. The van der Waals surface area contributed by atoms with Crippen LogP contribution in [0.25, 0.3) is 0 Å². The normalized spacial score (nSPS) is 15.6. The maximum atomic E-state index is 12.5. The smallest absolute Gasteiger partial charge is 0.237 e. The fourth-order valence-electron chi connectivity index (χ4n) is 3.31. The number of thioether (sulfide) groups is 1. The van der Waals surface area contributed by atoms with Gasteiger partial charge in [0.05, 0.1) is 10.9 Å². The molecule has 3 rings (SSSR count). The van der Waals surface area contributed by atoms with E-state index in [0.717, 1.165) is 46.4 Å². The summed E-state index contributed by atoms with van der Waals surface area (Å²) in [4.78, 5) is 25.9. The molecule has 28 heavy (non-hydrogen) atoms. The van der Waals surface area contributed by atoms with Crippen molar-refractivity contribution >= 4 is 50.9 Å². The number of para-hydroxylation sites is 1. The van der Waals surface area contributed by atoms with Crippen molar-refractivity contribution in [2.75, 3.05) is 10.6 Å². The van der Waals surface area contributed by atoms with E-state index in [9.17, 15) is 9.59 Å². The predicted molar refractivity (Wildman–Crippen MR) is 120 cm³/mol. The summed E-state index contributed by atoms with van der Waals surface area (Å²) in [5, 5.41) is 5.72. The Morgan fingerprint density at radius 2 is 1.79 bits per heavy atom. The number of rotatable bonds is 6. The van der Waals surface area contributed by atoms with Crippen molar-refractivity contribution in [2.24, 2.45) is 5.92 Å². The Morgan fingerprint density at radius 1 is 1.04 bits per heavy atom.